The fourth-order valence-electron chi connectivity index (χ4n) is 7.34. The van der Waals surface area contributed by atoms with Crippen LogP contribution in [0.15, 0.2) is 24.3 Å². The lowest BCUT2D eigenvalue weighted by molar-refractivity contribution is -0.121. The normalized spacial score (nSPS) is 58.5. The van der Waals surface area contributed by atoms with Crippen molar-refractivity contribution in [1.82, 2.24) is 0 Å². The number of ether oxygens (including phenoxy) is 2. The van der Waals surface area contributed by atoms with Crippen molar-refractivity contribution in [3.63, 3.8) is 0 Å². The summed E-state index contributed by atoms with van der Waals surface area (Å²) in [5.41, 5.74) is 0.672. The van der Waals surface area contributed by atoms with Gasteiger partial charge in [0.25, 0.3) is 0 Å². The van der Waals surface area contributed by atoms with Gasteiger partial charge in [-0.25, -0.2) is 0 Å². The molecule has 5 rings (SSSR count). The lowest BCUT2D eigenvalue weighted by Crippen LogP contribution is -2.55. The van der Waals surface area contributed by atoms with Gasteiger partial charge in [-0.15, -0.1) is 0 Å². The van der Waals surface area contributed by atoms with Gasteiger partial charge in [0.2, 0.25) is 0 Å². The molecule has 132 valence electrons. The Bertz CT molecular complexity index is 587. The Balaban J connectivity index is 1.51. The number of hydrogen-bond donors (Lipinski definition) is 0. The highest BCUT2D eigenvalue weighted by atomic mass is 16.7. The van der Waals surface area contributed by atoms with E-state index in [0.29, 0.717) is 17.6 Å². The Morgan fingerprint density at radius 3 is 2.62 bits per heavy atom. The van der Waals surface area contributed by atoms with Crippen LogP contribution in [0, 0.1) is 40.4 Å². The second-order valence-electron chi connectivity index (χ2n) is 9.82. The molecule has 1 saturated heterocycles. The second kappa shape index (κ2) is 4.98. The number of hydrogen-bond acceptors (Lipinski definition) is 2. The van der Waals surface area contributed by atoms with Crippen molar-refractivity contribution in [1.29, 1.82) is 0 Å². The molecule has 0 aromatic rings. The van der Waals surface area contributed by atoms with Crippen molar-refractivity contribution in [2.75, 3.05) is 13.4 Å². The smallest absolute Gasteiger partial charge is 0.147 e. The zero-order valence-electron chi connectivity index (χ0n) is 15.5. The average molecular weight is 328 g/mol. The molecule has 6 unspecified atom stereocenters. The van der Waals surface area contributed by atoms with E-state index in [4.69, 9.17) is 9.47 Å². The Hall–Kier alpha value is -0.600. The summed E-state index contributed by atoms with van der Waals surface area (Å²) in [6.07, 6.45) is 16.8. The van der Waals surface area contributed by atoms with Crippen molar-refractivity contribution in [2.24, 2.45) is 40.4 Å². The average Bonchev–Trinajstić information content (AvgIpc) is 3.15. The molecule has 0 N–H and O–H groups in total. The van der Waals surface area contributed by atoms with Gasteiger partial charge in [0.1, 0.15) is 12.4 Å². The molecule has 0 radical (unpaired) electrons. The first-order valence-electron chi connectivity index (χ1n) is 10.1. The molecule has 2 nitrogen and oxygen atoms in total. The van der Waals surface area contributed by atoms with Crippen LogP contribution in [0.4, 0.5) is 0 Å². The maximum Gasteiger partial charge on any atom is 0.147 e. The lowest BCUT2D eigenvalue weighted by atomic mass is 9.47. The van der Waals surface area contributed by atoms with Crippen LogP contribution in [0.25, 0.3) is 0 Å². The van der Waals surface area contributed by atoms with Gasteiger partial charge in [-0.1, -0.05) is 45.1 Å². The number of rotatable bonds is 0. The van der Waals surface area contributed by atoms with Gasteiger partial charge in [0, 0.05) is 5.41 Å². The van der Waals surface area contributed by atoms with Crippen LogP contribution in [0.1, 0.15) is 52.9 Å². The summed E-state index contributed by atoms with van der Waals surface area (Å²) in [6.45, 7) is 8.75. The first kappa shape index (κ1) is 15.6. The van der Waals surface area contributed by atoms with E-state index < -0.39 is 0 Å². The lowest BCUT2D eigenvalue weighted by Gasteiger charge is -2.58. The van der Waals surface area contributed by atoms with Gasteiger partial charge in [-0.3, -0.25) is 0 Å². The summed E-state index contributed by atoms with van der Waals surface area (Å²) in [5.74, 6) is 3.78. The minimum atomic E-state index is 0.00511. The first-order valence-corrected chi connectivity index (χ1v) is 10.1. The fourth-order valence-corrected chi connectivity index (χ4v) is 7.34. The summed E-state index contributed by atoms with van der Waals surface area (Å²) in [5, 5.41) is 0. The van der Waals surface area contributed by atoms with Crippen LogP contribution in [-0.2, 0) is 9.47 Å². The van der Waals surface area contributed by atoms with Gasteiger partial charge >= 0.3 is 0 Å². The third kappa shape index (κ3) is 1.80. The van der Waals surface area contributed by atoms with Gasteiger partial charge in [0.05, 0.1) is 6.61 Å². The van der Waals surface area contributed by atoms with Crippen LogP contribution in [0.3, 0.4) is 0 Å². The Labute approximate surface area is 146 Å². The minimum Gasteiger partial charge on any atom is -0.352 e. The summed E-state index contributed by atoms with van der Waals surface area (Å²) in [6, 6.07) is 0. The Morgan fingerprint density at radius 2 is 1.83 bits per heavy atom. The van der Waals surface area contributed by atoms with Crippen LogP contribution in [0.5, 0.6) is 0 Å². The SMILES string of the molecule is CC1C=C[C@@]2(C)C(C=CC3C2CC[C@@]2(C)C3CCC23COCO3)C1. The monoisotopic (exact) mass is 328 g/mol. The largest absolute Gasteiger partial charge is 0.352 e. The molecular formula is C22H32O2. The van der Waals surface area contributed by atoms with Gasteiger partial charge in [-0.05, 0) is 67.1 Å². The van der Waals surface area contributed by atoms with Crippen molar-refractivity contribution in [3.05, 3.63) is 24.3 Å². The zero-order chi connectivity index (χ0) is 16.6. The van der Waals surface area contributed by atoms with E-state index in [0.717, 1.165) is 36.2 Å². The maximum absolute atomic E-state index is 6.24. The summed E-state index contributed by atoms with van der Waals surface area (Å²) in [7, 11) is 0. The third-order valence-electron chi connectivity index (χ3n) is 8.95. The van der Waals surface area contributed by atoms with E-state index in [-0.39, 0.29) is 5.60 Å². The minimum absolute atomic E-state index is 0.00511. The van der Waals surface area contributed by atoms with E-state index in [1.54, 1.807) is 0 Å². The molecule has 24 heavy (non-hydrogen) atoms. The Kier molecular flexibility index (Phi) is 3.24. The standard InChI is InChI=1S/C22H32O2/c1-15-6-9-20(2)16(12-15)4-5-17-18(20)7-10-21(3)19(17)8-11-22(21)13-23-14-24-22/h4-6,9,15-19H,7-8,10-14H2,1-3H3/t15?,16?,17?,18?,19?,20-,21-,22?/m0/s1. The summed E-state index contributed by atoms with van der Waals surface area (Å²) < 4.78 is 11.9. The number of fused-ring (bicyclic) bond motifs is 6. The maximum atomic E-state index is 6.24. The zero-order valence-corrected chi connectivity index (χ0v) is 15.5. The molecule has 0 amide bonds. The molecule has 1 spiro atoms. The number of allylic oxidation sites excluding steroid dienone is 4. The van der Waals surface area contributed by atoms with Gasteiger partial charge < -0.3 is 9.47 Å². The molecule has 1 heterocycles. The van der Waals surface area contributed by atoms with Crippen LogP contribution < -0.4 is 0 Å². The van der Waals surface area contributed by atoms with E-state index in [1.165, 1.54) is 32.1 Å². The van der Waals surface area contributed by atoms with E-state index in [1.807, 2.05) is 0 Å². The molecule has 5 aliphatic rings. The predicted molar refractivity (Wildman–Crippen MR) is 95.3 cm³/mol. The quantitative estimate of drug-likeness (QED) is 0.585. The van der Waals surface area contributed by atoms with Crippen molar-refractivity contribution < 1.29 is 9.47 Å². The van der Waals surface area contributed by atoms with E-state index >= 15 is 0 Å². The summed E-state index contributed by atoms with van der Waals surface area (Å²) >= 11 is 0. The van der Waals surface area contributed by atoms with Gasteiger partial charge in [0.15, 0.2) is 0 Å². The van der Waals surface area contributed by atoms with E-state index in [9.17, 15) is 0 Å². The first-order chi connectivity index (χ1) is 11.5. The van der Waals surface area contributed by atoms with Crippen molar-refractivity contribution >= 4 is 0 Å². The van der Waals surface area contributed by atoms with Crippen molar-refractivity contribution in [3.8, 4) is 0 Å². The summed E-state index contributed by atoms with van der Waals surface area (Å²) in [4.78, 5) is 0. The fraction of sp³-hybridized carbons (Fsp3) is 0.818. The molecule has 0 aromatic carbocycles. The van der Waals surface area contributed by atoms with Crippen LogP contribution in [-0.4, -0.2) is 19.0 Å². The molecule has 2 saturated carbocycles. The van der Waals surface area contributed by atoms with Crippen LogP contribution >= 0.6 is 0 Å². The molecule has 8 atom stereocenters. The third-order valence-corrected chi connectivity index (χ3v) is 8.95. The topological polar surface area (TPSA) is 18.5 Å². The predicted octanol–water partition coefficient (Wildman–Crippen LogP) is 4.96. The molecule has 0 aromatic heterocycles. The molecule has 3 fully saturated rings. The van der Waals surface area contributed by atoms with Gasteiger partial charge in [-0.2, -0.15) is 0 Å². The molecule has 1 aliphatic heterocycles. The highest BCUT2D eigenvalue weighted by Gasteiger charge is 2.65. The Morgan fingerprint density at radius 1 is 1.00 bits per heavy atom. The highest BCUT2D eigenvalue weighted by molar-refractivity contribution is 5.25. The van der Waals surface area contributed by atoms with E-state index in [2.05, 4.69) is 45.1 Å². The van der Waals surface area contributed by atoms with Crippen molar-refractivity contribution in [2.45, 2.75) is 58.5 Å². The molecular weight excluding hydrogens is 296 g/mol. The second-order valence-corrected chi connectivity index (χ2v) is 9.82. The van der Waals surface area contributed by atoms with Crippen LogP contribution in [0.2, 0.25) is 0 Å². The molecule has 4 aliphatic carbocycles. The molecule has 0 bridgehead atoms. The molecule has 2 heteroatoms. The highest BCUT2D eigenvalue weighted by Crippen LogP contribution is 2.67.